The van der Waals surface area contributed by atoms with Gasteiger partial charge in [0.1, 0.15) is 12.2 Å². The molecule has 3 fully saturated rings. The van der Waals surface area contributed by atoms with Crippen LogP contribution in [0.1, 0.15) is 60.8 Å². The Balaban J connectivity index is 0.000000371. The maximum absolute atomic E-state index is 5.98. The predicted octanol–water partition coefficient (Wildman–Crippen LogP) is 3.43. The van der Waals surface area contributed by atoms with Crippen molar-refractivity contribution in [3.05, 3.63) is 0 Å². The minimum absolute atomic E-state index is 0.327. The van der Waals surface area contributed by atoms with E-state index in [9.17, 15) is 0 Å². The van der Waals surface area contributed by atoms with Crippen molar-refractivity contribution in [2.24, 2.45) is 0 Å². The summed E-state index contributed by atoms with van der Waals surface area (Å²) in [6, 6.07) is 0.635. The van der Waals surface area contributed by atoms with Gasteiger partial charge in [-0.2, -0.15) is 0 Å². The van der Waals surface area contributed by atoms with Crippen molar-refractivity contribution < 1.29 is 9.47 Å². The van der Waals surface area contributed by atoms with Crippen LogP contribution in [0.15, 0.2) is 0 Å². The largest absolute Gasteiger partial charge is 0.343 e. The molecule has 108 valence electrons. The highest BCUT2D eigenvalue weighted by atomic mass is 16.8. The molecule has 3 unspecified atom stereocenters. The van der Waals surface area contributed by atoms with Crippen LogP contribution in [0.25, 0.3) is 0 Å². The summed E-state index contributed by atoms with van der Waals surface area (Å²) in [5, 5.41) is 0. The quantitative estimate of drug-likeness (QED) is 0.663. The van der Waals surface area contributed by atoms with Gasteiger partial charge in [0.05, 0.1) is 0 Å². The Morgan fingerprint density at radius 1 is 1.00 bits per heavy atom. The highest BCUT2D eigenvalue weighted by Crippen LogP contribution is 2.39. The molecular formula is C15H31NO2. The fraction of sp³-hybridized carbons (Fsp3) is 1.00. The smallest absolute Gasteiger partial charge is 0.163 e. The van der Waals surface area contributed by atoms with E-state index in [2.05, 4.69) is 4.90 Å². The first kappa shape index (κ1) is 15.9. The number of fused-ring (bicyclic) bond motifs is 3. The number of hydrogen-bond acceptors (Lipinski definition) is 3. The van der Waals surface area contributed by atoms with Crippen LogP contribution < -0.4 is 0 Å². The molecule has 0 N–H and O–H groups in total. The number of nitrogens with zero attached hydrogens (tertiary/aromatic N) is 1. The van der Waals surface area contributed by atoms with Crippen LogP contribution in [0.4, 0.5) is 0 Å². The topological polar surface area (TPSA) is 21.7 Å². The molecule has 3 nitrogen and oxygen atoms in total. The van der Waals surface area contributed by atoms with Crippen LogP contribution in [-0.2, 0) is 9.47 Å². The molecule has 18 heavy (non-hydrogen) atoms. The summed E-state index contributed by atoms with van der Waals surface area (Å²) >= 11 is 0. The van der Waals surface area contributed by atoms with Gasteiger partial charge in [-0.3, -0.25) is 4.90 Å². The van der Waals surface area contributed by atoms with E-state index >= 15 is 0 Å². The van der Waals surface area contributed by atoms with Gasteiger partial charge in [-0.05, 0) is 33.2 Å². The molecule has 3 aliphatic heterocycles. The Labute approximate surface area is 113 Å². The minimum atomic E-state index is -0.348. The average Bonchev–Trinajstić information content (AvgIpc) is 2.86. The summed E-state index contributed by atoms with van der Waals surface area (Å²) in [5.74, 6) is -0.348. The summed E-state index contributed by atoms with van der Waals surface area (Å²) in [7, 11) is 0. The molecule has 0 bridgehead atoms. The molecule has 0 spiro atoms. The molecule has 3 heteroatoms. The third kappa shape index (κ3) is 3.25. The van der Waals surface area contributed by atoms with Crippen LogP contribution in [0, 0.1) is 0 Å². The van der Waals surface area contributed by atoms with E-state index in [4.69, 9.17) is 9.47 Å². The van der Waals surface area contributed by atoms with Gasteiger partial charge in [-0.15, -0.1) is 0 Å². The van der Waals surface area contributed by atoms with Crippen LogP contribution >= 0.6 is 0 Å². The molecule has 3 aliphatic rings. The highest BCUT2D eigenvalue weighted by Gasteiger charge is 2.52. The minimum Gasteiger partial charge on any atom is -0.343 e. The van der Waals surface area contributed by atoms with Crippen molar-refractivity contribution in [2.45, 2.75) is 84.8 Å². The van der Waals surface area contributed by atoms with E-state index in [-0.39, 0.29) is 5.79 Å². The molecule has 0 aromatic heterocycles. The van der Waals surface area contributed by atoms with E-state index in [1.165, 1.54) is 25.8 Å². The van der Waals surface area contributed by atoms with Crippen LogP contribution in [0.3, 0.4) is 0 Å². The van der Waals surface area contributed by atoms with Gasteiger partial charge in [0.25, 0.3) is 0 Å². The van der Waals surface area contributed by atoms with E-state index in [0.717, 1.165) is 6.54 Å². The van der Waals surface area contributed by atoms with Crippen molar-refractivity contribution in [1.29, 1.82) is 0 Å². The third-order valence-electron chi connectivity index (χ3n) is 3.68. The molecule has 0 aromatic carbocycles. The molecular weight excluding hydrogens is 226 g/mol. The van der Waals surface area contributed by atoms with Crippen LogP contribution in [0.2, 0.25) is 0 Å². The second-order valence-corrected chi connectivity index (χ2v) is 5.20. The monoisotopic (exact) mass is 257 g/mol. The van der Waals surface area contributed by atoms with Crippen molar-refractivity contribution in [3.8, 4) is 0 Å². The van der Waals surface area contributed by atoms with E-state index in [1.54, 1.807) is 0 Å². The first-order valence-electron chi connectivity index (χ1n) is 7.75. The lowest BCUT2D eigenvalue weighted by molar-refractivity contribution is -0.163. The molecule has 0 amide bonds. The fourth-order valence-electron chi connectivity index (χ4n) is 3.18. The summed E-state index contributed by atoms with van der Waals surface area (Å²) < 4.78 is 11.9. The zero-order valence-corrected chi connectivity index (χ0v) is 13.0. The second-order valence-electron chi connectivity index (χ2n) is 5.20. The molecule has 3 atom stereocenters. The second kappa shape index (κ2) is 6.88. The maximum Gasteiger partial charge on any atom is 0.163 e. The first-order chi connectivity index (χ1) is 8.66. The van der Waals surface area contributed by atoms with Gasteiger partial charge in [-0.1, -0.05) is 34.1 Å². The normalized spacial score (nSPS) is 36.7. The molecule has 0 aliphatic carbocycles. The Hall–Kier alpha value is -0.120. The van der Waals surface area contributed by atoms with Crippen molar-refractivity contribution in [3.63, 3.8) is 0 Å². The molecule has 0 radical (unpaired) electrons. The fourth-order valence-corrected chi connectivity index (χ4v) is 3.18. The number of hydrogen-bond donors (Lipinski definition) is 0. The lowest BCUT2D eigenvalue weighted by Gasteiger charge is -2.33. The zero-order valence-electron chi connectivity index (χ0n) is 13.0. The van der Waals surface area contributed by atoms with Crippen LogP contribution in [0.5, 0.6) is 0 Å². The Morgan fingerprint density at radius 2 is 1.67 bits per heavy atom. The molecule has 3 rings (SSSR count). The average molecular weight is 257 g/mol. The molecule has 3 heterocycles. The van der Waals surface area contributed by atoms with Crippen molar-refractivity contribution >= 4 is 0 Å². The number of ether oxygens (including phenoxy) is 2. The summed E-state index contributed by atoms with van der Waals surface area (Å²) in [5.41, 5.74) is 0. The third-order valence-corrected chi connectivity index (χ3v) is 3.68. The van der Waals surface area contributed by atoms with Gasteiger partial charge >= 0.3 is 0 Å². The van der Waals surface area contributed by atoms with Crippen molar-refractivity contribution in [1.82, 2.24) is 4.90 Å². The first-order valence-corrected chi connectivity index (χ1v) is 7.75. The zero-order chi connectivity index (χ0) is 13.8. The summed E-state index contributed by atoms with van der Waals surface area (Å²) in [6.45, 7) is 14.4. The van der Waals surface area contributed by atoms with E-state index in [0.29, 0.717) is 18.2 Å². The standard InChI is InChI=1S/C11H19NO2.2C2H6/c1-11(2)13-9-7-12-6-4-3-5-8(12)10(9)14-11;2*1-2/h8-10H,3-7H2,1-2H3;2*1-2H3. The molecule has 3 saturated heterocycles. The van der Waals surface area contributed by atoms with Gasteiger partial charge in [-0.25, -0.2) is 0 Å². The number of piperidine rings is 1. The van der Waals surface area contributed by atoms with Gasteiger partial charge < -0.3 is 9.47 Å². The predicted molar refractivity (Wildman–Crippen MR) is 75.7 cm³/mol. The van der Waals surface area contributed by atoms with Gasteiger partial charge in [0.2, 0.25) is 0 Å². The highest BCUT2D eigenvalue weighted by molar-refractivity contribution is 5.00. The van der Waals surface area contributed by atoms with Crippen LogP contribution in [-0.4, -0.2) is 42.0 Å². The maximum atomic E-state index is 5.98. The lowest BCUT2D eigenvalue weighted by atomic mass is 10.0. The Kier molecular flexibility index (Phi) is 6.09. The summed E-state index contributed by atoms with van der Waals surface area (Å²) in [4.78, 5) is 2.55. The van der Waals surface area contributed by atoms with Gasteiger partial charge in [0.15, 0.2) is 5.79 Å². The van der Waals surface area contributed by atoms with E-state index in [1.807, 2.05) is 41.5 Å². The Morgan fingerprint density at radius 3 is 2.33 bits per heavy atom. The van der Waals surface area contributed by atoms with Crippen molar-refractivity contribution in [2.75, 3.05) is 13.1 Å². The van der Waals surface area contributed by atoms with E-state index < -0.39 is 0 Å². The lowest BCUT2D eigenvalue weighted by Crippen LogP contribution is -2.41. The molecule has 0 aromatic rings. The molecule has 0 saturated carbocycles. The number of rotatable bonds is 0. The SMILES string of the molecule is CC.CC.CC1(C)OC2CN3CCCCC3C2O1. The summed E-state index contributed by atoms with van der Waals surface area (Å²) in [6.07, 6.45) is 4.66. The Bertz CT molecular complexity index is 243. The van der Waals surface area contributed by atoms with Gasteiger partial charge in [0, 0.05) is 12.6 Å².